The van der Waals surface area contributed by atoms with E-state index in [-0.39, 0.29) is 5.92 Å². The van der Waals surface area contributed by atoms with Crippen LogP contribution in [-0.4, -0.2) is 4.58 Å². The van der Waals surface area contributed by atoms with Crippen LogP contribution in [0.4, 0.5) is 4.39 Å². The SMILES string of the molecule is C=CC1CC1(F)Br. The number of allylic oxidation sites excluding steroid dienone is 1. The fourth-order valence-electron chi connectivity index (χ4n) is 0.490. The van der Waals surface area contributed by atoms with Gasteiger partial charge in [-0.25, -0.2) is 4.39 Å². The Balaban J connectivity index is 2.44. The highest BCUT2D eigenvalue weighted by Gasteiger charge is 2.51. The molecule has 0 heterocycles. The third-order valence-corrected chi connectivity index (χ3v) is 2.07. The number of hydrogen-bond acceptors (Lipinski definition) is 0. The van der Waals surface area contributed by atoms with Crippen molar-refractivity contribution in [3.63, 3.8) is 0 Å². The van der Waals surface area contributed by atoms with E-state index in [1.54, 1.807) is 6.08 Å². The van der Waals surface area contributed by atoms with Gasteiger partial charge in [0, 0.05) is 12.3 Å². The summed E-state index contributed by atoms with van der Waals surface area (Å²) < 4.78 is 11.2. The Morgan fingerprint density at radius 2 is 2.43 bits per heavy atom. The van der Waals surface area contributed by atoms with Crippen molar-refractivity contribution in [2.75, 3.05) is 0 Å². The van der Waals surface area contributed by atoms with Crippen molar-refractivity contribution in [2.45, 2.75) is 11.0 Å². The van der Waals surface area contributed by atoms with Gasteiger partial charge in [-0.05, 0) is 15.9 Å². The van der Waals surface area contributed by atoms with Crippen molar-refractivity contribution in [2.24, 2.45) is 5.92 Å². The number of hydrogen-bond donors (Lipinski definition) is 0. The van der Waals surface area contributed by atoms with Crippen LogP contribution in [0.25, 0.3) is 0 Å². The van der Waals surface area contributed by atoms with Crippen LogP contribution < -0.4 is 0 Å². The largest absolute Gasteiger partial charge is 0.231 e. The Morgan fingerprint density at radius 1 is 2.00 bits per heavy atom. The van der Waals surface area contributed by atoms with E-state index in [0.29, 0.717) is 6.42 Å². The molecule has 40 valence electrons. The maximum atomic E-state index is 12.3. The average molecular weight is 165 g/mol. The summed E-state index contributed by atoms with van der Waals surface area (Å²) in [7, 11) is 0. The quantitative estimate of drug-likeness (QED) is 0.412. The van der Waals surface area contributed by atoms with Gasteiger partial charge in [-0.2, -0.15) is 0 Å². The van der Waals surface area contributed by atoms with Crippen LogP contribution in [-0.2, 0) is 0 Å². The van der Waals surface area contributed by atoms with Crippen molar-refractivity contribution in [3.05, 3.63) is 12.7 Å². The Morgan fingerprint density at radius 3 is 2.43 bits per heavy atom. The van der Waals surface area contributed by atoms with Gasteiger partial charge in [0.05, 0.1) is 0 Å². The zero-order valence-electron chi connectivity index (χ0n) is 3.82. The van der Waals surface area contributed by atoms with Crippen LogP contribution >= 0.6 is 15.9 Å². The summed E-state index contributed by atoms with van der Waals surface area (Å²) in [5.41, 5.74) is 0. The van der Waals surface area contributed by atoms with Gasteiger partial charge < -0.3 is 0 Å². The van der Waals surface area contributed by atoms with E-state index in [2.05, 4.69) is 22.5 Å². The van der Waals surface area contributed by atoms with Gasteiger partial charge in [0.15, 0.2) is 4.58 Å². The molecule has 1 saturated carbocycles. The molecule has 1 rings (SSSR count). The zero-order valence-corrected chi connectivity index (χ0v) is 5.41. The first-order valence-corrected chi connectivity index (χ1v) is 2.96. The van der Waals surface area contributed by atoms with Crippen LogP contribution in [0.5, 0.6) is 0 Å². The van der Waals surface area contributed by atoms with E-state index in [4.69, 9.17) is 0 Å². The van der Waals surface area contributed by atoms with Crippen LogP contribution in [0.1, 0.15) is 6.42 Å². The maximum Gasteiger partial charge on any atom is 0.172 e. The van der Waals surface area contributed by atoms with E-state index in [9.17, 15) is 4.39 Å². The normalized spacial score (nSPS) is 48.6. The minimum atomic E-state index is -1.09. The molecule has 0 spiro atoms. The lowest BCUT2D eigenvalue weighted by Crippen LogP contribution is -1.84. The predicted molar refractivity (Wildman–Crippen MR) is 31.1 cm³/mol. The van der Waals surface area contributed by atoms with Crippen molar-refractivity contribution in [1.29, 1.82) is 0 Å². The molecule has 1 aliphatic carbocycles. The molecule has 0 nitrogen and oxygen atoms in total. The lowest BCUT2D eigenvalue weighted by molar-refractivity contribution is 0.430. The minimum absolute atomic E-state index is 0.0625. The average Bonchev–Trinajstić information content (AvgIpc) is 2.13. The minimum Gasteiger partial charge on any atom is -0.231 e. The Kier molecular flexibility index (Phi) is 0.991. The lowest BCUT2D eigenvalue weighted by atomic mass is 10.4. The molecular weight excluding hydrogens is 159 g/mol. The Hall–Kier alpha value is 0.150. The van der Waals surface area contributed by atoms with Crippen LogP contribution in [0.3, 0.4) is 0 Å². The van der Waals surface area contributed by atoms with Gasteiger partial charge in [0.2, 0.25) is 0 Å². The molecule has 0 aromatic carbocycles. The molecule has 0 aromatic heterocycles. The van der Waals surface area contributed by atoms with Crippen molar-refractivity contribution >= 4 is 15.9 Å². The first kappa shape index (κ1) is 5.29. The highest BCUT2D eigenvalue weighted by molar-refractivity contribution is 9.10. The molecule has 0 aliphatic heterocycles. The Labute approximate surface area is 50.5 Å². The standard InChI is InChI=1S/C5H6BrF/c1-2-4-3-5(4,6)7/h2,4H,1,3H2. The molecule has 1 fully saturated rings. The third kappa shape index (κ3) is 0.852. The smallest absolute Gasteiger partial charge is 0.172 e. The predicted octanol–water partition coefficient (Wildman–Crippen LogP) is 2.25. The molecule has 2 heteroatoms. The first-order chi connectivity index (χ1) is 3.17. The summed E-state index contributed by atoms with van der Waals surface area (Å²) in [4.78, 5) is 0. The second-order valence-electron chi connectivity index (χ2n) is 1.81. The van der Waals surface area contributed by atoms with Crippen molar-refractivity contribution in [1.82, 2.24) is 0 Å². The van der Waals surface area contributed by atoms with Crippen LogP contribution in [0.15, 0.2) is 12.7 Å². The summed E-state index contributed by atoms with van der Waals surface area (Å²) >= 11 is 2.87. The van der Waals surface area contributed by atoms with E-state index in [1.807, 2.05) is 0 Å². The molecule has 7 heavy (non-hydrogen) atoms. The van der Waals surface area contributed by atoms with Crippen LogP contribution in [0, 0.1) is 5.92 Å². The van der Waals surface area contributed by atoms with Gasteiger partial charge >= 0.3 is 0 Å². The second kappa shape index (κ2) is 1.31. The third-order valence-electron chi connectivity index (χ3n) is 1.16. The van der Waals surface area contributed by atoms with E-state index in [1.165, 1.54) is 0 Å². The molecule has 0 amide bonds. The molecule has 0 aromatic rings. The fraction of sp³-hybridized carbons (Fsp3) is 0.600. The summed E-state index contributed by atoms with van der Waals surface area (Å²) in [6, 6.07) is 0. The molecule has 2 unspecified atom stereocenters. The summed E-state index contributed by atoms with van der Waals surface area (Å²) in [5.74, 6) is 0.0625. The van der Waals surface area contributed by atoms with Gasteiger partial charge in [-0.3, -0.25) is 0 Å². The highest BCUT2D eigenvalue weighted by Crippen LogP contribution is 2.52. The monoisotopic (exact) mass is 164 g/mol. The number of halogens is 2. The maximum absolute atomic E-state index is 12.3. The highest BCUT2D eigenvalue weighted by atomic mass is 79.9. The second-order valence-corrected chi connectivity index (χ2v) is 3.13. The summed E-state index contributed by atoms with van der Waals surface area (Å²) in [6.45, 7) is 3.45. The first-order valence-electron chi connectivity index (χ1n) is 2.17. The van der Waals surface area contributed by atoms with Crippen molar-refractivity contribution < 1.29 is 4.39 Å². The van der Waals surface area contributed by atoms with Gasteiger partial charge in [-0.15, -0.1) is 6.58 Å². The molecule has 0 bridgehead atoms. The summed E-state index contributed by atoms with van der Waals surface area (Å²) in [6.07, 6.45) is 2.23. The Bertz CT molecular complexity index is 98.3. The molecule has 0 N–H and O–H groups in total. The topological polar surface area (TPSA) is 0 Å². The molecule has 1 aliphatic rings. The van der Waals surface area contributed by atoms with Gasteiger partial charge in [0.25, 0.3) is 0 Å². The fourth-order valence-corrected chi connectivity index (χ4v) is 1.03. The molecule has 2 atom stereocenters. The van der Waals surface area contributed by atoms with Crippen LogP contribution in [0.2, 0.25) is 0 Å². The van der Waals surface area contributed by atoms with Crippen molar-refractivity contribution in [3.8, 4) is 0 Å². The lowest BCUT2D eigenvalue weighted by Gasteiger charge is -1.85. The number of rotatable bonds is 1. The number of alkyl halides is 2. The molecule has 0 radical (unpaired) electrons. The molecule has 0 saturated heterocycles. The zero-order chi connectivity index (χ0) is 5.49. The van der Waals surface area contributed by atoms with Gasteiger partial charge in [0.1, 0.15) is 0 Å². The summed E-state index contributed by atoms with van der Waals surface area (Å²) in [5, 5.41) is 0. The molecular formula is C5H6BrF. The van der Waals surface area contributed by atoms with E-state index >= 15 is 0 Å². The van der Waals surface area contributed by atoms with E-state index < -0.39 is 4.58 Å². The van der Waals surface area contributed by atoms with E-state index in [0.717, 1.165) is 0 Å². The van der Waals surface area contributed by atoms with Gasteiger partial charge in [-0.1, -0.05) is 6.08 Å².